The molecule has 1 aromatic carbocycles. The highest BCUT2D eigenvalue weighted by Crippen LogP contribution is 2.25. The van der Waals surface area contributed by atoms with Crippen molar-refractivity contribution >= 4 is 34.2 Å². The van der Waals surface area contributed by atoms with E-state index >= 15 is 0 Å². The minimum atomic E-state index is -0.487. The predicted molar refractivity (Wildman–Crippen MR) is 74.4 cm³/mol. The van der Waals surface area contributed by atoms with Crippen LogP contribution in [-0.2, 0) is 19.5 Å². The van der Waals surface area contributed by atoms with E-state index in [1.54, 1.807) is 10.9 Å². The van der Waals surface area contributed by atoms with E-state index in [-0.39, 0.29) is 10.9 Å². The molecular formula is C12H10Cl2FN5. The number of aryl methyl sites for hydroxylation is 1. The summed E-state index contributed by atoms with van der Waals surface area (Å²) in [7, 11) is 1.84. The highest BCUT2D eigenvalue weighted by atomic mass is 35.5. The first-order chi connectivity index (χ1) is 9.60. The Morgan fingerprint density at radius 1 is 1.30 bits per heavy atom. The molecule has 0 atom stereocenters. The number of hydrogen-bond donors (Lipinski definition) is 0. The zero-order valence-corrected chi connectivity index (χ0v) is 12.0. The van der Waals surface area contributed by atoms with Crippen LogP contribution in [0.4, 0.5) is 4.39 Å². The van der Waals surface area contributed by atoms with Gasteiger partial charge < -0.3 is 9.13 Å². The molecule has 0 amide bonds. The summed E-state index contributed by atoms with van der Waals surface area (Å²) in [5.41, 5.74) is 1.24. The first-order valence-electron chi connectivity index (χ1n) is 5.83. The van der Waals surface area contributed by atoms with Crippen molar-refractivity contribution in [3.63, 3.8) is 0 Å². The van der Waals surface area contributed by atoms with E-state index in [1.807, 2.05) is 11.6 Å². The van der Waals surface area contributed by atoms with Gasteiger partial charge in [0, 0.05) is 13.1 Å². The lowest BCUT2D eigenvalue weighted by Crippen LogP contribution is -2.08. The van der Waals surface area contributed by atoms with Gasteiger partial charge in [0.1, 0.15) is 18.0 Å². The van der Waals surface area contributed by atoms with Gasteiger partial charge in [-0.2, -0.15) is 0 Å². The standard InChI is InChI=1S/C12H10Cl2FN5/c1-19-6-16-18-12(19)5-20-10-3-8(15)7(14)2-9(10)17-11(20)4-13/h2-3,6H,4-5H2,1H3. The van der Waals surface area contributed by atoms with Gasteiger partial charge in [-0.15, -0.1) is 21.8 Å². The highest BCUT2D eigenvalue weighted by Gasteiger charge is 2.15. The zero-order chi connectivity index (χ0) is 14.3. The van der Waals surface area contributed by atoms with Crippen molar-refractivity contribution in [1.82, 2.24) is 24.3 Å². The number of hydrogen-bond acceptors (Lipinski definition) is 3. The molecule has 0 aliphatic carbocycles. The molecule has 0 fully saturated rings. The van der Waals surface area contributed by atoms with Gasteiger partial charge in [0.25, 0.3) is 0 Å². The average molecular weight is 314 g/mol. The second-order valence-electron chi connectivity index (χ2n) is 4.36. The van der Waals surface area contributed by atoms with Crippen LogP contribution >= 0.6 is 23.2 Å². The first kappa shape index (κ1) is 13.3. The molecule has 0 N–H and O–H groups in total. The molecule has 20 heavy (non-hydrogen) atoms. The summed E-state index contributed by atoms with van der Waals surface area (Å²) in [5.74, 6) is 1.09. The molecule has 0 saturated carbocycles. The molecule has 0 unspecified atom stereocenters. The van der Waals surface area contributed by atoms with Crippen LogP contribution in [0.2, 0.25) is 5.02 Å². The Kier molecular flexibility index (Phi) is 3.35. The number of alkyl halides is 1. The van der Waals surface area contributed by atoms with Crippen LogP contribution in [0.25, 0.3) is 11.0 Å². The van der Waals surface area contributed by atoms with E-state index in [0.717, 1.165) is 5.82 Å². The van der Waals surface area contributed by atoms with E-state index in [2.05, 4.69) is 15.2 Å². The van der Waals surface area contributed by atoms with E-state index in [4.69, 9.17) is 23.2 Å². The molecule has 0 saturated heterocycles. The first-order valence-corrected chi connectivity index (χ1v) is 6.74. The molecular weight excluding hydrogens is 304 g/mol. The fourth-order valence-corrected chi connectivity index (χ4v) is 2.40. The summed E-state index contributed by atoms with van der Waals surface area (Å²) in [5, 5.41) is 7.88. The zero-order valence-electron chi connectivity index (χ0n) is 10.5. The Morgan fingerprint density at radius 3 is 2.75 bits per heavy atom. The molecule has 8 heteroatoms. The molecule has 3 rings (SSSR count). The van der Waals surface area contributed by atoms with Gasteiger partial charge >= 0.3 is 0 Å². The number of aromatic nitrogens is 5. The number of imidazole rings is 1. The predicted octanol–water partition coefficient (Wildman–Crippen LogP) is 2.74. The van der Waals surface area contributed by atoms with Gasteiger partial charge in [0.05, 0.1) is 28.5 Å². The van der Waals surface area contributed by atoms with E-state index < -0.39 is 5.82 Å². The van der Waals surface area contributed by atoms with Gasteiger partial charge in [-0.3, -0.25) is 0 Å². The molecule has 0 aliphatic heterocycles. The Hall–Kier alpha value is -1.66. The SMILES string of the molecule is Cn1cnnc1Cn1c(CCl)nc2cc(Cl)c(F)cc21. The third-order valence-corrected chi connectivity index (χ3v) is 3.62. The van der Waals surface area contributed by atoms with Gasteiger partial charge in [-0.05, 0) is 6.07 Å². The number of fused-ring (bicyclic) bond motifs is 1. The second-order valence-corrected chi connectivity index (χ2v) is 5.04. The van der Waals surface area contributed by atoms with Crippen LogP contribution < -0.4 is 0 Å². The second kappa shape index (κ2) is 5.03. The number of nitrogens with zero attached hydrogens (tertiary/aromatic N) is 5. The quantitative estimate of drug-likeness (QED) is 0.699. The number of rotatable bonds is 3. The summed E-state index contributed by atoms with van der Waals surface area (Å²) >= 11 is 11.7. The van der Waals surface area contributed by atoms with Crippen molar-refractivity contribution in [2.75, 3.05) is 0 Å². The summed E-state index contributed by atoms with van der Waals surface area (Å²) in [6.07, 6.45) is 1.60. The maximum Gasteiger partial charge on any atom is 0.152 e. The van der Waals surface area contributed by atoms with Crippen LogP contribution in [0.15, 0.2) is 18.5 Å². The summed E-state index contributed by atoms with van der Waals surface area (Å²) in [6.45, 7) is 0.413. The monoisotopic (exact) mass is 313 g/mol. The third-order valence-electron chi connectivity index (χ3n) is 3.09. The topological polar surface area (TPSA) is 48.5 Å². The van der Waals surface area contributed by atoms with Crippen LogP contribution in [0.1, 0.15) is 11.6 Å². The normalized spacial score (nSPS) is 11.4. The third kappa shape index (κ3) is 2.14. The largest absolute Gasteiger partial charge is 0.319 e. The fraction of sp³-hybridized carbons (Fsp3) is 0.250. The lowest BCUT2D eigenvalue weighted by Gasteiger charge is -2.07. The van der Waals surface area contributed by atoms with Gasteiger partial charge in [0.2, 0.25) is 0 Å². The minimum absolute atomic E-state index is 0.0435. The van der Waals surface area contributed by atoms with Crippen LogP contribution in [0.5, 0.6) is 0 Å². The molecule has 0 spiro atoms. The van der Waals surface area contributed by atoms with Gasteiger partial charge in [-0.25, -0.2) is 9.37 Å². The molecule has 104 valence electrons. The Morgan fingerprint density at radius 2 is 2.10 bits per heavy atom. The average Bonchev–Trinajstić information content (AvgIpc) is 2.96. The minimum Gasteiger partial charge on any atom is -0.319 e. The Labute approximate surface area is 124 Å². The fourth-order valence-electron chi connectivity index (χ4n) is 2.04. The highest BCUT2D eigenvalue weighted by molar-refractivity contribution is 6.31. The van der Waals surface area contributed by atoms with Crippen LogP contribution in [0.3, 0.4) is 0 Å². The van der Waals surface area contributed by atoms with Crippen molar-refractivity contribution in [2.45, 2.75) is 12.4 Å². The number of halogens is 3. The Balaban J connectivity index is 2.17. The van der Waals surface area contributed by atoms with Crippen molar-refractivity contribution < 1.29 is 4.39 Å². The lowest BCUT2D eigenvalue weighted by atomic mass is 10.3. The van der Waals surface area contributed by atoms with Gasteiger partial charge in [0.15, 0.2) is 5.82 Å². The molecule has 3 aromatic rings. The molecule has 0 bridgehead atoms. The van der Waals surface area contributed by atoms with Crippen LogP contribution in [-0.4, -0.2) is 24.3 Å². The Bertz CT molecular complexity index is 780. The maximum absolute atomic E-state index is 13.7. The lowest BCUT2D eigenvalue weighted by molar-refractivity contribution is 0.627. The van der Waals surface area contributed by atoms with E-state index in [1.165, 1.54) is 12.1 Å². The van der Waals surface area contributed by atoms with Crippen LogP contribution in [0, 0.1) is 5.82 Å². The van der Waals surface area contributed by atoms with Crippen molar-refractivity contribution in [3.8, 4) is 0 Å². The number of benzene rings is 1. The summed E-state index contributed by atoms with van der Waals surface area (Å²) in [4.78, 5) is 4.37. The van der Waals surface area contributed by atoms with Crippen molar-refractivity contribution in [3.05, 3.63) is 40.9 Å². The van der Waals surface area contributed by atoms with E-state index in [0.29, 0.717) is 23.4 Å². The smallest absolute Gasteiger partial charge is 0.152 e. The van der Waals surface area contributed by atoms with Gasteiger partial charge in [-0.1, -0.05) is 11.6 Å². The molecule has 0 radical (unpaired) electrons. The summed E-state index contributed by atoms with van der Waals surface area (Å²) < 4.78 is 17.3. The maximum atomic E-state index is 13.7. The van der Waals surface area contributed by atoms with Crippen molar-refractivity contribution in [2.24, 2.45) is 7.05 Å². The molecule has 0 aliphatic rings. The molecule has 2 aromatic heterocycles. The van der Waals surface area contributed by atoms with Crippen molar-refractivity contribution in [1.29, 1.82) is 0 Å². The molecule has 5 nitrogen and oxygen atoms in total. The van der Waals surface area contributed by atoms with E-state index in [9.17, 15) is 4.39 Å². The molecule has 2 heterocycles. The summed E-state index contributed by atoms with van der Waals surface area (Å²) in [6, 6.07) is 2.85.